The number of unbranched alkanes of at least 4 members (excludes halogenated alkanes) is 4. The van der Waals surface area contributed by atoms with Crippen molar-refractivity contribution in [3.63, 3.8) is 0 Å². The van der Waals surface area contributed by atoms with E-state index in [9.17, 15) is 19.5 Å². The van der Waals surface area contributed by atoms with Crippen molar-refractivity contribution in [3.8, 4) is 0 Å². The van der Waals surface area contributed by atoms with Crippen LogP contribution in [-0.2, 0) is 14.4 Å². The Morgan fingerprint density at radius 1 is 0.857 bits per heavy atom. The fraction of sp³-hybridized carbons (Fsp3) is 0.792. The Hall–Kier alpha value is -1.45. The molecule has 2 aliphatic rings. The quantitative estimate of drug-likeness (QED) is 0.451. The molecular formula is C24H37O4-. The van der Waals surface area contributed by atoms with Gasteiger partial charge in [-0.25, -0.2) is 0 Å². The monoisotopic (exact) mass is 389 g/mol. The molecule has 2 rings (SSSR count). The van der Waals surface area contributed by atoms with Crippen LogP contribution in [-0.4, -0.2) is 17.3 Å². The van der Waals surface area contributed by atoms with Crippen LogP contribution < -0.4 is 5.11 Å². The van der Waals surface area contributed by atoms with E-state index in [0.29, 0.717) is 32.1 Å². The molecule has 0 aromatic carbocycles. The summed E-state index contributed by atoms with van der Waals surface area (Å²) in [6.07, 6.45) is 7.16. The van der Waals surface area contributed by atoms with Gasteiger partial charge in [-0.15, -0.1) is 5.76 Å². The highest BCUT2D eigenvalue weighted by molar-refractivity contribution is 6.08. The van der Waals surface area contributed by atoms with Gasteiger partial charge in [-0.1, -0.05) is 66.7 Å². The van der Waals surface area contributed by atoms with Crippen LogP contribution in [0.1, 0.15) is 98.8 Å². The first-order chi connectivity index (χ1) is 13.0. The van der Waals surface area contributed by atoms with Gasteiger partial charge in [0.25, 0.3) is 0 Å². The number of allylic oxidation sites excluding steroid dienone is 2. The lowest BCUT2D eigenvalue weighted by atomic mass is 9.63. The van der Waals surface area contributed by atoms with E-state index in [1.165, 1.54) is 0 Å². The Labute approximate surface area is 170 Å². The molecule has 0 radical (unpaired) electrons. The average molecular weight is 390 g/mol. The molecule has 1 atom stereocenters. The molecule has 0 N–H and O–H groups in total. The summed E-state index contributed by atoms with van der Waals surface area (Å²) in [6.45, 7) is 9.88. The zero-order valence-electron chi connectivity index (χ0n) is 18.4. The van der Waals surface area contributed by atoms with E-state index in [0.717, 1.165) is 32.1 Å². The third-order valence-electron chi connectivity index (χ3n) is 6.27. The highest BCUT2D eigenvalue weighted by Gasteiger charge is 2.46. The molecule has 0 spiro atoms. The van der Waals surface area contributed by atoms with Gasteiger partial charge >= 0.3 is 0 Å². The van der Waals surface area contributed by atoms with E-state index in [1.807, 2.05) is 27.7 Å². The first-order valence-corrected chi connectivity index (χ1v) is 11.0. The van der Waals surface area contributed by atoms with Crippen LogP contribution >= 0.6 is 0 Å². The van der Waals surface area contributed by atoms with Gasteiger partial charge in [0.2, 0.25) is 0 Å². The molecule has 0 saturated heterocycles. The second-order valence-electron chi connectivity index (χ2n) is 10.5. The first-order valence-electron chi connectivity index (χ1n) is 11.0. The minimum atomic E-state index is -0.802. The van der Waals surface area contributed by atoms with Crippen LogP contribution in [0.4, 0.5) is 0 Å². The summed E-state index contributed by atoms with van der Waals surface area (Å²) in [4.78, 5) is 38.7. The molecule has 0 aliphatic heterocycles. The van der Waals surface area contributed by atoms with Crippen LogP contribution in [0.3, 0.4) is 0 Å². The zero-order chi connectivity index (χ0) is 21.1. The minimum absolute atomic E-state index is 0.0854. The fourth-order valence-corrected chi connectivity index (χ4v) is 4.99. The maximum absolute atomic E-state index is 12.9. The Morgan fingerprint density at radius 2 is 1.39 bits per heavy atom. The SMILES string of the molecule is CCCCCCCC(C1=C([O-])CC(C)(C)CC1=O)C1C(=O)CC(C)(C)CC1=O. The van der Waals surface area contributed by atoms with Crippen molar-refractivity contribution in [2.75, 3.05) is 0 Å². The Morgan fingerprint density at radius 3 is 1.93 bits per heavy atom. The Kier molecular flexibility index (Phi) is 7.27. The normalized spacial score (nSPS) is 24.0. The van der Waals surface area contributed by atoms with E-state index < -0.39 is 11.8 Å². The Bertz CT molecular complexity index is 634. The van der Waals surface area contributed by atoms with Gasteiger partial charge in [0.15, 0.2) is 5.78 Å². The molecule has 1 saturated carbocycles. The van der Waals surface area contributed by atoms with E-state index in [4.69, 9.17) is 0 Å². The summed E-state index contributed by atoms with van der Waals surface area (Å²) < 4.78 is 0. The lowest BCUT2D eigenvalue weighted by Gasteiger charge is -2.41. The van der Waals surface area contributed by atoms with E-state index in [-0.39, 0.29) is 39.5 Å². The molecule has 2 aliphatic carbocycles. The predicted octanol–water partition coefficient (Wildman–Crippen LogP) is 4.54. The second-order valence-corrected chi connectivity index (χ2v) is 10.5. The second kappa shape index (κ2) is 8.92. The van der Waals surface area contributed by atoms with Crippen LogP contribution in [0.15, 0.2) is 11.3 Å². The molecule has 0 amide bonds. The molecule has 1 fully saturated rings. The number of Topliss-reactive ketones (excluding diaryl/α,β-unsaturated/α-hetero) is 3. The van der Waals surface area contributed by atoms with Crippen molar-refractivity contribution in [3.05, 3.63) is 11.3 Å². The number of ketones is 3. The number of hydrogen-bond donors (Lipinski definition) is 0. The van der Waals surface area contributed by atoms with Crippen LogP contribution in [0.2, 0.25) is 0 Å². The third-order valence-corrected chi connectivity index (χ3v) is 6.27. The minimum Gasteiger partial charge on any atom is -0.875 e. The summed E-state index contributed by atoms with van der Waals surface area (Å²) in [6, 6.07) is 0. The topological polar surface area (TPSA) is 74.3 Å². The Balaban J connectivity index is 2.31. The summed E-state index contributed by atoms with van der Waals surface area (Å²) in [7, 11) is 0. The zero-order valence-corrected chi connectivity index (χ0v) is 18.4. The molecule has 4 nitrogen and oxygen atoms in total. The van der Waals surface area contributed by atoms with Crippen molar-refractivity contribution in [2.24, 2.45) is 22.7 Å². The molecule has 0 aromatic rings. The molecule has 158 valence electrons. The summed E-state index contributed by atoms with van der Waals surface area (Å²) in [5, 5.41) is 12.9. The molecule has 28 heavy (non-hydrogen) atoms. The predicted molar refractivity (Wildman–Crippen MR) is 108 cm³/mol. The van der Waals surface area contributed by atoms with Crippen molar-refractivity contribution < 1.29 is 19.5 Å². The van der Waals surface area contributed by atoms with Gasteiger partial charge in [-0.2, -0.15) is 0 Å². The number of rotatable bonds is 8. The molecule has 0 heterocycles. The van der Waals surface area contributed by atoms with Crippen LogP contribution in [0, 0.1) is 22.7 Å². The third kappa shape index (κ3) is 5.55. The van der Waals surface area contributed by atoms with Crippen molar-refractivity contribution in [1.29, 1.82) is 0 Å². The summed E-state index contributed by atoms with van der Waals surface area (Å²) >= 11 is 0. The van der Waals surface area contributed by atoms with Crippen molar-refractivity contribution in [1.82, 2.24) is 0 Å². The van der Waals surface area contributed by atoms with Gasteiger partial charge in [0.1, 0.15) is 11.6 Å². The molecule has 0 aromatic heterocycles. The molecule has 1 unspecified atom stereocenters. The highest BCUT2D eigenvalue weighted by Crippen LogP contribution is 2.44. The van der Waals surface area contributed by atoms with Crippen LogP contribution in [0.25, 0.3) is 0 Å². The summed E-state index contributed by atoms with van der Waals surface area (Å²) in [5.41, 5.74) is -0.406. The molecular weight excluding hydrogens is 352 g/mol. The van der Waals surface area contributed by atoms with Gasteiger partial charge in [0.05, 0.1) is 5.92 Å². The van der Waals surface area contributed by atoms with Crippen molar-refractivity contribution >= 4 is 17.3 Å². The maximum atomic E-state index is 12.9. The largest absolute Gasteiger partial charge is 0.875 e. The number of carbonyl (C=O) groups is 3. The molecule has 0 bridgehead atoms. The van der Waals surface area contributed by atoms with E-state index in [2.05, 4.69) is 6.92 Å². The average Bonchev–Trinajstić information content (AvgIpc) is 2.50. The van der Waals surface area contributed by atoms with E-state index in [1.54, 1.807) is 0 Å². The lowest BCUT2D eigenvalue weighted by Crippen LogP contribution is -2.44. The standard InChI is InChI=1S/C24H38O4/c1-6-7-8-9-10-11-16(21-17(25)12-23(2,3)13-18(21)26)22-19(27)14-24(4,5)15-20(22)28/h16,21,27H,6-15H2,1-5H3/p-1. The number of carbonyl (C=O) groups excluding carboxylic acids is 3. The van der Waals surface area contributed by atoms with Gasteiger partial charge < -0.3 is 5.11 Å². The van der Waals surface area contributed by atoms with Gasteiger partial charge in [-0.3, -0.25) is 14.4 Å². The first kappa shape index (κ1) is 22.8. The van der Waals surface area contributed by atoms with E-state index >= 15 is 0 Å². The van der Waals surface area contributed by atoms with Crippen LogP contribution in [0.5, 0.6) is 0 Å². The smallest absolute Gasteiger partial charge is 0.158 e. The highest BCUT2D eigenvalue weighted by atomic mass is 16.3. The van der Waals surface area contributed by atoms with Gasteiger partial charge in [-0.05, 0) is 29.2 Å². The summed E-state index contributed by atoms with van der Waals surface area (Å²) in [5.74, 6) is -1.79. The molecule has 4 heteroatoms. The fourth-order valence-electron chi connectivity index (χ4n) is 4.99. The van der Waals surface area contributed by atoms with Crippen molar-refractivity contribution in [2.45, 2.75) is 98.8 Å². The van der Waals surface area contributed by atoms with Gasteiger partial charge in [0, 0.05) is 25.2 Å². The lowest BCUT2D eigenvalue weighted by molar-refractivity contribution is -0.313. The maximum Gasteiger partial charge on any atom is 0.158 e. The number of hydrogen-bond acceptors (Lipinski definition) is 4.